The number of halogens is 1. The van der Waals surface area contributed by atoms with Gasteiger partial charge in [0, 0.05) is 0 Å². The van der Waals surface area contributed by atoms with Crippen LogP contribution in [0.1, 0.15) is 12.8 Å². The topological polar surface area (TPSA) is 0 Å². The molecule has 0 spiro atoms. The van der Waals surface area contributed by atoms with Crippen LogP contribution in [0.2, 0.25) is 0 Å². The first-order chi connectivity index (χ1) is 3.47. The van der Waals surface area contributed by atoms with Crippen LogP contribution in [0.4, 0.5) is 0 Å². The van der Waals surface area contributed by atoms with Crippen molar-refractivity contribution in [2.75, 3.05) is 25.7 Å². The molecule has 0 aromatic carbocycles. The molecule has 2 heteroatoms. The summed E-state index contributed by atoms with van der Waals surface area (Å²) in [5.74, 6) is -1.52. The normalized spacial score (nSPS) is 38.1. The Hall–Kier alpha value is 0.720. The maximum absolute atomic E-state index is 6.35. The summed E-state index contributed by atoms with van der Waals surface area (Å²) in [5, 5.41) is 0. The fraction of sp³-hybridized carbons (Fsp3) is 1.00. The number of hydrogen-bond acceptors (Lipinski definition) is 0. The van der Waals surface area contributed by atoms with Crippen LogP contribution in [0.5, 0.6) is 0 Å². The molecule has 0 unspecified atom stereocenters. The van der Waals surface area contributed by atoms with Crippen LogP contribution in [-0.2, 0) is 0 Å². The second kappa shape index (κ2) is 1.61. The fourth-order valence-electron chi connectivity index (χ4n) is 1.31. The number of rotatable bonds is 0. The van der Waals surface area contributed by atoms with Crippen molar-refractivity contribution in [1.29, 1.82) is 0 Å². The molecular formula is C6H14ClP. The summed E-state index contributed by atoms with van der Waals surface area (Å²) in [6.45, 7) is 4.56. The van der Waals surface area contributed by atoms with Gasteiger partial charge in [0.25, 0.3) is 0 Å². The van der Waals surface area contributed by atoms with Gasteiger partial charge in [-0.05, 0) is 0 Å². The Morgan fingerprint density at radius 2 is 1.50 bits per heavy atom. The van der Waals surface area contributed by atoms with Gasteiger partial charge in [-0.25, -0.2) is 0 Å². The minimum atomic E-state index is -1.52. The van der Waals surface area contributed by atoms with Gasteiger partial charge < -0.3 is 0 Å². The summed E-state index contributed by atoms with van der Waals surface area (Å²) in [6.07, 6.45) is 5.36. The predicted octanol–water partition coefficient (Wildman–Crippen LogP) is 2.75. The van der Waals surface area contributed by atoms with E-state index in [1.807, 2.05) is 0 Å². The van der Waals surface area contributed by atoms with Crippen molar-refractivity contribution < 1.29 is 0 Å². The Morgan fingerprint density at radius 3 is 1.62 bits per heavy atom. The van der Waals surface area contributed by atoms with E-state index in [0.29, 0.717) is 0 Å². The monoisotopic (exact) mass is 152 g/mol. The molecule has 0 aromatic rings. The van der Waals surface area contributed by atoms with E-state index < -0.39 is 5.96 Å². The standard InChI is InChI=1S/C6H14ClP/c1-8(2,7)5-3-4-6-8/h3-6H2,1-2H3. The van der Waals surface area contributed by atoms with E-state index in [-0.39, 0.29) is 0 Å². The average Bonchev–Trinajstić information content (AvgIpc) is 1.81. The van der Waals surface area contributed by atoms with Gasteiger partial charge in [0.05, 0.1) is 0 Å². The van der Waals surface area contributed by atoms with Crippen LogP contribution >= 0.6 is 17.2 Å². The Morgan fingerprint density at radius 1 is 1.12 bits per heavy atom. The minimum absolute atomic E-state index is 1.31. The van der Waals surface area contributed by atoms with Crippen LogP contribution in [0, 0.1) is 0 Å². The van der Waals surface area contributed by atoms with Crippen LogP contribution in [0.25, 0.3) is 0 Å². The quantitative estimate of drug-likeness (QED) is 0.469. The first kappa shape index (κ1) is 6.83. The Labute approximate surface area is 56.3 Å². The van der Waals surface area contributed by atoms with E-state index in [2.05, 4.69) is 13.3 Å². The van der Waals surface area contributed by atoms with Crippen molar-refractivity contribution in [3.63, 3.8) is 0 Å². The molecule has 0 amide bonds. The number of hydrogen-bond donors (Lipinski definition) is 0. The molecule has 1 saturated heterocycles. The van der Waals surface area contributed by atoms with E-state index >= 15 is 0 Å². The van der Waals surface area contributed by atoms with Gasteiger partial charge in [-0.2, -0.15) is 0 Å². The molecule has 1 aliphatic rings. The molecule has 0 radical (unpaired) electrons. The summed E-state index contributed by atoms with van der Waals surface area (Å²) in [7, 11) is 0. The Bertz CT molecular complexity index is 90.8. The van der Waals surface area contributed by atoms with E-state index in [1.54, 1.807) is 0 Å². The average molecular weight is 153 g/mol. The summed E-state index contributed by atoms with van der Waals surface area (Å²) in [5.41, 5.74) is 0. The van der Waals surface area contributed by atoms with Gasteiger partial charge >= 0.3 is 55.7 Å². The summed E-state index contributed by atoms with van der Waals surface area (Å²) < 4.78 is 0. The molecule has 0 aliphatic carbocycles. The van der Waals surface area contributed by atoms with Crippen molar-refractivity contribution in [2.45, 2.75) is 12.8 Å². The maximum atomic E-state index is 6.35. The Kier molecular flexibility index (Phi) is 1.37. The van der Waals surface area contributed by atoms with Gasteiger partial charge in [-0.15, -0.1) is 0 Å². The zero-order valence-electron chi connectivity index (χ0n) is 5.65. The van der Waals surface area contributed by atoms with E-state index in [0.717, 1.165) is 0 Å². The molecule has 0 saturated carbocycles. The molecule has 0 atom stereocenters. The molecule has 0 N–H and O–H groups in total. The molecule has 0 bridgehead atoms. The molecule has 0 aromatic heterocycles. The molecule has 1 aliphatic heterocycles. The predicted molar refractivity (Wildman–Crippen MR) is 43.6 cm³/mol. The van der Waals surface area contributed by atoms with Gasteiger partial charge in [0.15, 0.2) is 0 Å². The SMILES string of the molecule is CP1(C)(Cl)CCCC1. The van der Waals surface area contributed by atoms with E-state index in [4.69, 9.17) is 11.2 Å². The van der Waals surface area contributed by atoms with Gasteiger partial charge in [-0.1, -0.05) is 0 Å². The molecule has 1 fully saturated rings. The third-order valence-corrected chi connectivity index (χ3v) is 6.35. The molecular weight excluding hydrogens is 138 g/mol. The van der Waals surface area contributed by atoms with E-state index in [1.165, 1.54) is 25.2 Å². The zero-order chi connectivity index (χ0) is 6.28. The molecule has 0 nitrogen and oxygen atoms in total. The molecule has 8 heavy (non-hydrogen) atoms. The van der Waals surface area contributed by atoms with Crippen LogP contribution in [-0.4, -0.2) is 25.7 Å². The van der Waals surface area contributed by atoms with E-state index in [9.17, 15) is 0 Å². The third-order valence-electron chi connectivity index (χ3n) is 1.95. The van der Waals surface area contributed by atoms with Crippen molar-refractivity contribution in [3.8, 4) is 0 Å². The first-order valence-electron chi connectivity index (χ1n) is 3.20. The van der Waals surface area contributed by atoms with Crippen molar-refractivity contribution in [1.82, 2.24) is 0 Å². The Balaban J connectivity index is 2.67. The third kappa shape index (κ3) is 1.60. The molecule has 1 rings (SSSR count). The molecule has 1 heterocycles. The molecule has 50 valence electrons. The van der Waals surface area contributed by atoms with Crippen molar-refractivity contribution in [2.24, 2.45) is 0 Å². The van der Waals surface area contributed by atoms with Gasteiger partial charge in [-0.3, -0.25) is 0 Å². The van der Waals surface area contributed by atoms with Crippen LogP contribution in [0.15, 0.2) is 0 Å². The van der Waals surface area contributed by atoms with Gasteiger partial charge in [0.2, 0.25) is 0 Å². The summed E-state index contributed by atoms with van der Waals surface area (Å²) in [4.78, 5) is 0. The second-order valence-corrected chi connectivity index (χ2v) is 13.0. The second-order valence-electron chi connectivity index (χ2n) is 3.67. The van der Waals surface area contributed by atoms with Gasteiger partial charge in [0.1, 0.15) is 0 Å². The fourth-order valence-corrected chi connectivity index (χ4v) is 4.65. The van der Waals surface area contributed by atoms with Crippen LogP contribution < -0.4 is 0 Å². The summed E-state index contributed by atoms with van der Waals surface area (Å²) >= 11 is 6.35. The van der Waals surface area contributed by atoms with Crippen molar-refractivity contribution >= 4 is 17.2 Å². The summed E-state index contributed by atoms with van der Waals surface area (Å²) in [6, 6.07) is 0. The zero-order valence-corrected chi connectivity index (χ0v) is 7.30. The first-order valence-corrected chi connectivity index (χ1v) is 7.60. The van der Waals surface area contributed by atoms with Crippen LogP contribution in [0.3, 0.4) is 0 Å². The van der Waals surface area contributed by atoms with Crippen molar-refractivity contribution in [3.05, 3.63) is 0 Å².